The van der Waals surface area contributed by atoms with E-state index in [0.29, 0.717) is 12.5 Å². The van der Waals surface area contributed by atoms with Gasteiger partial charge in [-0.1, -0.05) is 17.7 Å². The SMILES string of the molecule is CCOC(=O)C(C)(NCC1CC1)c1c(C)cc(C)cc1C. The molecule has 1 unspecified atom stereocenters. The molecule has 1 atom stereocenters. The summed E-state index contributed by atoms with van der Waals surface area (Å²) in [6.45, 7) is 11.3. The van der Waals surface area contributed by atoms with Crippen LogP contribution in [0.3, 0.4) is 0 Å². The van der Waals surface area contributed by atoms with Crippen molar-refractivity contribution in [2.45, 2.75) is 53.0 Å². The first-order valence-electron chi connectivity index (χ1n) is 7.89. The Balaban J connectivity index is 2.39. The van der Waals surface area contributed by atoms with Crippen molar-refractivity contribution in [3.8, 4) is 0 Å². The minimum absolute atomic E-state index is 0.180. The molecule has 0 radical (unpaired) electrons. The average Bonchev–Trinajstić information content (AvgIpc) is 3.19. The first kappa shape index (κ1) is 16.0. The van der Waals surface area contributed by atoms with Gasteiger partial charge in [-0.2, -0.15) is 0 Å². The highest BCUT2D eigenvalue weighted by Crippen LogP contribution is 2.33. The third-order valence-electron chi connectivity index (χ3n) is 4.30. The fourth-order valence-corrected chi connectivity index (χ4v) is 3.18. The summed E-state index contributed by atoms with van der Waals surface area (Å²) < 4.78 is 5.35. The summed E-state index contributed by atoms with van der Waals surface area (Å²) >= 11 is 0. The van der Waals surface area contributed by atoms with Gasteiger partial charge in [-0.15, -0.1) is 0 Å². The van der Waals surface area contributed by atoms with E-state index in [4.69, 9.17) is 4.74 Å². The Kier molecular flexibility index (Phi) is 4.72. The van der Waals surface area contributed by atoms with Crippen LogP contribution in [0.1, 0.15) is 48.9 Å². The van der Waals surface area contributed by atoms with Gasteiger partial charge in [-0.05, 0) is 76.6 Å². The molecule has 1 fully saturated rings. The maximum Gasteiger partial charge on any atom is 0.330 e. The van der Waals surface area contributed by atoms with Crippen LogP contribution in [0.5, 0.6) is 0 Å². The van der Waals surface area contributed by atoms with Crippen molar-refractivity contribution in [3.63, 3.8) is 0 Å². The molecule has 1 aromatic carbocycles. The highest BCUT2D eigenvalue weighted by Gasteiger charge is 2.40. The molecule has 1 N–H and O–H groups in total. The van der Waals surface area contributed by atoms with Crippen LogP contribution in [0, 0.1) is 26.7 Å². The summed E-state index contributed by atoms with van der Waals surface area (Å²) in [6.07, 6.45) is 2.52. The molecule has 2 rings (SSSR count). The van der Waals surface area contributed by atoms with Crippen LogP contribution < -0.4 is 5.32 Å². The lowest BCUT2D eigenvalue weighted by Crippen LogP contribution is -2.49. The van der Waals surface area contributed by atoms with Gasteiger partial charge in [0.15, 0.2) is 0 Å². The summed E-state index contributed by atoms with van der Waals surface area (Å²) in [6, 6.07) is 4.28. The fourth-order valence-electron chi connectivity index (χ4n) is 3.18. The zero-order valence-corrected chi connectivity index (χ0v) is 13.9. The van der Waals surface area contributed by atoms with Gasteiger partial charge in [0, 0.05) is 0 Å². The molecule has 3 nitrogen and oxygen atoms in total. The number of nitrogens with one attached hydrogen (secondary N) is 1. The van der Waals surface area contributed by atoms with Crippen LogP contribution in [0.2, 0.25) is 0 Å². The monoisotopic (exact) mass is 289 g/mol. The number of hydrogen-bond donors (Lipinski definition) is 1. The normalized spacial score (nSPS) is 17.4. The lowest BCUT2D eigenvalue weighted by molar-refractivity contribution is -0.151. The van der Waals surface area contributed by atoms with E-state index in [2.05, 4.69) is 38.2 Å². The topological polar surface area (TPSA) is 38.3 Å². The van der Waals surface area contributed by atoms with E-state index in [9.17, 15) is 4.79 Å². The van der Waals surface area contributed by atoms with Gasteiger partial charge in [0.05, 0.1) is 6.61 Å². The number of ether oxygens (including phenoxy) is 1. The van der Waals surface area contributed by atoms with Crippen molar-refractivity contribution >= 4 is 5.97 Å². The predicted octanol–water partition coefficient (Wildman–Crippen LogP) is 3.39. The summed E-state index contributed by atoms with van der Waals surface area (Å²) in [5, 5.41) is 3.49. The van der Waals surface area contributed by atoms with Gasteiger partial charge >= 0.3 is 5.97 Å². The van der Waals surface area contributed by atoms with Crippen molar-refractivity contribution < 1.29 is 9.53 Å². The van der Waals surface area contributed by atoms with E-state index in [-0.39, 0.29) is 5.97 Å². The zero-order valence-electron chi connectivity index (χ0n) is 13.9. The minimum atomic E-state index is -0.763. The molecule has 116 valence electrons. The number of carbonyl (C=O) groups is 1. The Hall–Kier alpha value is -1.35. The van der Waals surface area contributed by atoms with Crippen molar-refractivity contribution in [2.75, 3.05) is 13.2 Å². The minimum Gasteiger partial charge on any atom is -0.464 e. The maximum absolute atomic E-state index is 12.6. The quantitative estimate of drug-likeness (QED) is 0.816. The standard InChI is InChI=1S/C18H27NO2/c1-6-21-17(20)18(5,19-11-15-7-8-15)16-13(3)9-12(2)10-14(16)4/h9-10,15,19H,6-8,11H2,1-5H3. The summed E-state index contributed by atoms with van der Waals surface area (Å²) in [7, 11) is 0. The molecule has 0 aliphatic heterocycles. The van der Waals surface area contributed by atoms with Gasteiger partial charge < -0.3 is 4.74 Å². The molecule has 0 bridgehead atoms. The summed E-state index contributed by atoms with van der Waals surface area (Å²) in [5.41, 5.74) is 3.81. The Labute approximate surface area is 128 Å². The van der Waals surface area contributed by atoms with Crippen LogP contribution in [-0.2, 0) is 15.1 Å². The molecule has 0 heterocycles. The van der Waals surface area contributed by atoms with Crippen molar-refractivity contribution in [1.82, 2.24) is 5.32 Å². The smallest absolute Gasteiger partial charge is 0.330 e. The maximum atomic E-state index is 12.6. The Morgan fingerprint density at radius 3 is 2.33 bits per heavy atom. The first-order chi connectivity index (χ1) is 9.88. The lowest BCUT2D eigenvalue weighted by Gasteiger charge is -2.32. The second-order valence-electron chi connectivity index (χ2n) is 6.44. The number of benzene rings is 1. The predicted molar refractivity (Wildman–Crippen MR) is 85.4 cm³/mol. The molecule has 3 heteroatoms. The van der Waals surface area contributed by atoms with E-state index in [1.807, 2.05) is 13.8 Å². The zero-order chi connectivity index (χ0) is 15.6. The van der Waals surface area contributed by atoms with Gasteiger partial charge in [0.25, 0.3) is 0 Å². The molecule has 0 spiro atoms. The molecular weight excluding hydrogens is 262 g/mol. The molecule has 0 amide bonds. The van der Waals surface area contributed by atoms with Crippen LogP contribution >= 0.6 is 0 Å². The third kappa shape index (κ3) is 3.46. The van der Waals surface area contributed by atoms with Crippen molar-refractivity contribution in [1.29, 1.82) is 0 Å². The molecule has 21 heavy (non-hydrogen) atoms. The Bertz CT molecular complexity index is 511. The molecule has 1 saturated carbocycles. The molecular formula is C18H27NO2. The van der Waals surface area contributed by atoms with Gasteiger partial charge in [0.2, 0.25) is 0 Å². The first-order valence-corrected chi connectivity index (χ1v) is 7.89. The average molecular weight is 289 g/mol. The lowest BCUT2D eigenvalue weighted by atomic mass is 9.84. The van der Waals surface area contributed by atoms with E-state index in [0.717, 1.165) is 23.2 Å². The van der Waals surface area contributed by atoms with E-state index < -0.39 is 5.54 Å². The molecule has 0 aromatic heterocycles. The number of carbonyl (C=O) groups excluding carboxylic acids is 1. The molecule has 1 aliphatic rings. The summed E-state index contributed by atoms with van der Waals surface area (Å²) in [5.74, 6) is 0.533. The second-order valence-corrected chi connectivity index (χ2v) is 6.44. The van der Waals surface area contributed by atoms with Gasteiger partial charge in [-0.25, -0.2) is 4.79 Å². The van der Waals surface area contributed by atoms with Crippen molar-refractivity contribution in [3.05, 3.63) is 34.4 Å². The van der Waals surface area contributed by atoms with Crippen LogP contribution in [0.25, 0.3) is 0 Å². The number of aryl methyl sites for hydroxylation is 3. The molecule has 1 aliphatic carbocycles. The second kappa shape index (κ2) is 6.18. The number of hydrogen-bond acceptors (Lipinski definition) is 3. The fraction of sp³-hybridized carbons (Fsp3) is 0.611. The highest BCUT2D eigenvalue weighted by molar-refractivity contribution is 5.83. The van der Waals surface area contributed by atoms with E-state index in [1.165, 1.54) is 18.4 Å². The molecule has 0 saturated heterocycles. The van der Waals surface area contributed by atoms with Gasteiger partial charge in [-0.3, -0.25) is 5.32 Å². The number of esters is 1. The largest absolute Gasteiger partial charge is 0.464 e. The van der Waals surface area contributed by atoms with E-state index in [1.54, 1.807) is 0 Å². The van der Waals surface area contributed by atoms with Gasteiger partial charge in [0.1, 0.15) is 5.54 Å². The van der Waals surface area contributed by atoms with Crippen LogP contribution in [-0.4, -0.2) is 19.1 Å². The Morgan fingerprint density at radius 2 is 1.86 bits per heavy atom. The van der Waals surface area contributed by atoms with E-state index >= 15 is 0 Å². The van der Waals surface area contributed by atoms with Crippen LogP contribution in [0.4, 0.5) is 0 Å². The summed E-state index contributed by atoms with van der Waals surface area (Å²) in [4.78, 5) is 12.6. The van der Waals surface area contributed by atoms with Crippen LogP contribution in [0.15, 0.2) is 12.1 Å². The van der Waals surface area contributed by atoms with Crippen molar-refractivity contribution in [2.24, 2.45) is 5.92 Å². The highest BCUT2D eigenvalue weighted by atomic mass is 16.5. The third-order valence-corrected chi connectivity index (χ3v) is 4.30. The Morgan fingerprint density at radius 1 is 1.29 bits per heavy atom. The molecule has 1 aromatic rings. The number of rotatable bonds is 6.